The van der Waals surface area contributed by atoms with Gasteiger partial charge in [0, 0.05) is 76.6 Å². The molecule has 0 unspecified atom stereocenters. The Kier molecular flexibility index (Phi) is 11.0. The van der Waals surface area contributed by atoms with Gasteiger partial charge in [0.1, 0.15) is 28.4 Å². The molecular weight excluding hydrogens is 837 g/mol. The number of carbonyl (C=O) groups excluding carboxylic acids is 2. The summed E-state index contributed by atoms with van der Waals surface area (Å²) in [5.41, 5.74) is 2.05. The summed E-state index contributed by atoms with van der Waals surface area (Å²) in [5, 5.41) is 54.6. The van der Waals surface area contributed by atoms with Crippen LogP contribution < -0.4 is 26.3 Å². The highest BCUT2D eigenvalue weighted by Gasteiger charge is 2.27. The number of aromatic carboxylic acids is 3. The van der Waals surface area contributed by atoms with Crippen LogP contribution in [0.15, 0.2) is 117 Å². The number of hydrogen-bond acceptors (Lipinski definition) is 11. The fourth-order valence-electron chi connectivity index (χ4n) is 7.60. The Hall–Kier alpha value is -9.23. The molecule has 16 nitrogen and oxygen atoms in total. The third-order valence-corrected chi connectivity index (χ3v) is 10.7. The number of nitrogens with zero attached hydrogens (tertiary/aromatic N) is 1. The van der Waals surface area contributed by atoms with E-state index < -0.39 is 41.7 Å². The topological polar surface area (TPSA) is 261 Å². The Balaban J connectivity index is 1.02. The molecule has 65 heavy (non-hydrogen) atoms. The van der Waals surface area contributed by atoms with Gasteiger partial charge in [0.25, 0.3) is 11.8 Å². The minimum absolute atomic E-state index is 0.00571. The Morgan fingerprint density at radius 3 is 1.95 bits per heavy atom. The molecule has 4 aromatic carbocycles. The first-order valence-corrected chi connectivity index (χ1v) is 19.6. The second kappa shape index (κ2) is 16.9. The van der Waals surface area contributed by atoms with E-state index >= 15 is 0 Å². The summed E-state index contributed by atoms with van der Waals surface area (Å²) in [5.74, 6) is -0.565. The molecule has 0 saturated heterocycles. The van der Waals surface area contributed by atoms with Crippen molar-refractivity contribution in [1.29, 1.82) is 5.41 Å². The van der Waals surface area contributed by atoms with E-state index in [9.17, 15) is 49.2 Å². The number of hydrogen-bond donors (Lipinski definition) is 7. The van der Waals surface area contributed by atoms with E-state index in [1.807, 2.05) is 37.2 Å². The van der Waals surface area contributed by atoms with Crippen LogP contribution >= 0.6 is 0 Å². The largest absolute Gasteiger partial charge is 0.508 e. The molecule has 0 aromatic heterocycles. The van der Waals surface area contributed by atoms with E-state index in [-0.39, 0.29) is 73.5 Å². The van der Waals surface area contributed by atoms with E-state index in [0.717, 1.165) is 11.8 Å². The summed E-state index contributed by atoms with van der Waals surface area (Å²) in [7, 11) is 3.74. The van der Waals surface area contributed by atoms with E-state index in [4.69, 9.17) is 14.2 Å². The van der Waals surface area contributed by atoms with Gasteiger partial charge in [-0.15, -0.1) is 0 Å². The van der Waals surface area contributed by atoms with Gasteiger partial charge in [0.05, 0.1) is 40.7 Å². The van der Waals surface area contributed by atoms with Crippen LogP contribution in [0.1, 0.15) is 47.0 Å². The summed E-state index contributed by atoms with van der Waals surface area (Å²) in [6, 6.07) is 24.8. The van der Waals surface area contributed by atoms with Crippen LogP contribution in [-0.2, 0) is 11.3 Å². The van der Waals surface area contributed by atoms with Crippen LogP contribution in [0.25, 0.3) is 66.8 Å². The molecule has 0 saturated carbocycles. The van der Waals surface area contributed by atoms with E-state index in [2.05, 4.69) is 22.5 Å². The van der Waals surface area contributed by atoms with Crippen molar-refractivity contribution in [1.82, 2.24) is 10.6 Å². The molecule has 4 aromatic rings. The number of rotatable bonds is 10. The van der Waals surface area contributed by atoms with Gasteiger partial charge in [0.15, 0.2) is 5.43 Å². The van der Waals surface area contributed by atoms with E-state index in [1.54, 1.807) is 18.2 Å². The Morgan fingerprint density at radius 1 is 0.662 bits per heavy atom. The van der Waals surface area contributed by atoms with E-state index in [0.29, 0.717) is 38.8 Å². The van der Waals surface area contributed by atoms with Crippen molar-refractivity contribution in [2.24, 2.45) is 0 Å². The maximum Gasteiger partial charge on any atom is 0.336 e. The summed E-state index contributed by atoms with van der Waals surface area (Å²) in [6.07, 6.45) is 0. The Morgan fingerprint density at radius 2 is 1.28 bits per heavy atom. The van der Waals surface area contributed by atoms with Crippen molar-refractivity contribution < 1.29 is 53.2 Å². The molecular formula is C49H34N4O12. The highest BCUT2D eigenvalue weighted by molar-refractivity contribution is 6.11. The van der Waals surface area contributed by atoms with E-state index in [1.165, 1.54) is 60.7 Å². The van der Waals surface area contributed by atoms with Gasteiger partial charge in [0.2, 0.25) is 0 Å². The molecule has 0 fully saturated rings. The molecule has 7 N–H and O–H groups in total. The minimum Gasteiger partial charge on any atom is -0.508 e. The molecule has 2 heterocycles. The van der Waals surface area contributed by atoms with Crippen LogP contribution in [0, 0.1) is 17.3 Å². The average Bonchev–Trinajstić information content (AvgIpc) is 3.27. The third kappa shape index (κ3) is 8.15. The number of phenolic OH excluding ortho intramolecular Hbond substituents is 1. The normalized spacial score (nSPS) is 11.0. The number of benzene rings is 6. The van der Waals surface area contributed by atoms with Crippen LogP contribution in [0.3, 0.4) is 0 Å². The molecule has 4 aliphatic rings. The Labute approximate surface area is 366 Å². The number of nitrogens with one attached hydrogen (secondary N) is 3. The number of fused-ring (bicyclic) bond motifs is 4. The number of carboxylic acid groups (broad SMARTS) is 3. The van der Waals surface area contributed by atoms with Gasteiger partial charge in [-0.25, -0.2) is 14.4 Å². The molecule has 2 amide bonds. The molecule has 8 rings (SSSR count). The summed E-state index contributed by atoms with van der Waals surface area (Å²) < 4.78 is 12.3. The minimum atomic E-state index is -1.42. The monoisotopic (exact) mass is 870 g/mol. The van der Waals surface area contributed by atoms with Crippen molar-refractivity contribution in [3.63, 3.8) is 0 Å². The number of aromatic hydroxyl groups is 1. The van der Waals surface area contributed by atoms with Gasteiger partial charge >= 0.3 is 17.9 Å². The predicted octanol–water partition coefficient (Wildman–Crippen LogP) is 6.48. The van der Waals surface area contributed by atoms with Crippen LogP contribution in [0.5, 0.6) is 5.75 Å². The van der Waals surface area contributed by atoms with Gasteiger partial charge in [-0.05, 0) is 89.8 Å². The fraction of sp³-hybridized carbons (Fsp3) is 0.0816. The molecule has 0 radical (unpaired) electrons. The SMILES string of the molecule is CN(C)c1ccc2c(-c3ccc(C(=O)NCC#CC(=O)NCc4c5oc6cc(O)ccc6c(-c6ccc(C(=O)O)cc6C(=O)O)c-5ccc4=O)cc3C(=O)O)c3ccc(=N)cc-3oc2c1. The highest BCUT2D eigenvalue weighted by Crippen LogP contribution is 2.44. The average molecular weight is 871 g/mol. The lowest BCUT2D eigenvalue weighted by Crippen LogP contribution is -2.26. The van der Waals surface area contributed by atoms with Gasteiger partial charge in [-0.2, -0.15) is 0 Å². The molecule has 2 aliphatic carbocycles. The smallest absolute Gasteiger partial charge is 0.336 e. The standard InChI is InChI=1S/C49H34N4O12/c1-53(2)27-8-13-32-40(21-27)64-39-20-26(50)7-12-31(39)43(32)29-10-5-24(18-35(29)48(60)61)46(57)51-17-3-4-42(56)52-23-37-38(55)16-15-34-44(33-14-9-28(54)22-41(33)65-45(34)37)30-11-6-25(47(58)59)19-36(30)49(62)63/h5-16,18-22,50,54H,17,23H2,1-2H3,(H,51,57)(H,52,56)(H,58,59)(H,60,61)(H,62,63). The first-order valence-electron chi connectivity index (χ1n) is 19.6. The number of amides is 2. The maximum absolute atomic E-state index is 13.3. The van der Waals surface area contributed by atoms with Crippen molar-refractivity contribution in [2.75, 3.05) is 25.5 Å². The van der Waals surface area contributed by atoms with Gasteiger partial charge < -0.3 is 50.2 Å². The lowest BCUT2D eigenvalue weighted by molar-refractivity contribution is -0.115. The lowest BCUT2D eigenvalue weighted by Gasteiger charge is -2.19. The first-order chi connectivity index (χ1) is 31.1. The fourth-order valence-corrected chi connectivity index (χ4v) is 7.60. The van der Waals surface area contributed by atoms with Crippen molar-refractivity contribution in [2.45, 2.75) is 6.54 Å². The van der Waals surface area contributed by atoms with Gasteiger partial charge in [-0.3, -0.25) is 14.4 Å². The van der Waals surface area contributed by atoms with Crippen molar-refractivity contribution in [3.05, 3.63) is 147 Å². The maximum atomic E-state index is 13.3. The summed E-state index contributed by atoms with van der Waals surface area (Å²) in [4.78, 5) is 78.1. The molecule has 16 heteroatoms. The number of anilines is 1. The van der Waals surface area contributed by atoms with Crippen LogP contribution in [-0.4, -0.2) is 70.8 Å². The Bertz CT molecular complexity index is 3470. The molecule has 322 valence electrons. The predicted molar refractivity (Wildman–Crippen MR) is 237 cm³/mol. The first kappa shape index (κ1) is 42.5. The summed E-state index contributed by atoms with van der Waals surface area (Å²) in [6.45, 7) is -0.726. The zero-order chi connectivity index (χ0) is 46.3. The highest BCUT2D eigenvalue weighted by atomic mass is 16.4. The third-order valence-electron chi connectivity index (χ3n) is 10.7. The number of carbonyl (C=O) groups is 5. The van der Waals surface area contributed by atoms with Crippen LogP contribution in [0.2, 0.25) is 0 Å². The quantitative estimate of drug-likeness (QED) is 0.0574. The number of phenols is 1. The van der Waals surface area contributed by atoms with Crippen molar-refractivity contribution >= 4 is 57.3 Å². The number of carboxylic acids is 3. The lowest BCUT2D eigenvalue weighted by atomic mass is 9.88. The molecule has 2 aliphatic heterocycles. The molecule has 0 bridgehead atoms. The van der Waals surface area contributed by atoms with Gasteiger partial charge in [-0.1, -0.05) is 18.1 Å². The zero-order valence-corrected chi connectivity index (χ0v) is 34.2. The zero-order valence-electron chi connectivity index (χ0n) is 34.2. The molecule has 0 spiro atoms. The molecule has 0 atom stereocenters. The summed E-state index contributed by atoms with van der Waals surface area (Å²) >= 11 is 0. The van der Waals surface area contributed by atoms with Crippen molar-refractivity contribution in [3.8, 4) is 62.5 Å². The second-order valence-corrected chi connectivity index (χ2v) is 14.9. The second-order valence-electron chi connectivity index (χ2n) is 14.9. The van der Waals surface area contributed by atoms with Crippen LogP contribution in [0.4, 0.5) is 5.69 Å².